The van der Waals surface area contributed by atoms with Gasteiger partial charge >= 0.3 is 11.9 Å². The van der Waals surface area contributed by atoms with Crippen molar-refractivity contribution in [2.45, 2.75) is 12.6 Å². The minimum atomic E-state index is -4.65. The van der Waals surface area contributed by atoms with Gasteiger partial charge in [-0.2, -0.15) is 18.3 Å². The normalized spacial score (nSPS) is 11.5. The third-order valence-electron chi connectivity index (χ3n) is 5.83. The van der Waals surface area contributed by atoms with Gasteiger partial charge in [-0.25, -0.2) is 14.8 Å². The van der Waals surface area contributed by atoms with Gasteiger partial charge in [-0.15, -0.1) is 0 Å². The van der Waals surface area contributed by atoms with Crippen molar-refractivity contribution in [3.63, 3.8) is 0 Å². The molecule has 5 aromatic rings. The van der Waals surface area contributed by atoms with Gasteiger partial charge in [0.2, 0.25) is 5.88 Å². The van der Waals surface area contributed by atoms with E-state index in [0.717, 1.165) is 18.2 Å². The molecule has 198 valence electrons. The number of amides is 1. The number of halogens is 3. The maximum atomic E-state index is 13.7. The number of nitrogens with one attached hydrogen (secondary N) is 3. The predicted molar refractivity (Wildman–Crippen MR) is 135 cm³/mol. The number of aromatic hydroxyl groups is 1. The third-order valence-corrected chi connectivity index (χ3v) is 5.83. The van der Waals surface area contributed by atoms with E-state index in [9.17, 15) is 27.9 Å². The number of hydrogen-bond donors (Lipinski definition) is 4. The molecule has 3 heterocycles. The number of carbonyl (C=O) groups excluding carboxylic acids is 1. The van der Waals surface area contributed by atoms with Gasteiger partial charge in [0, 0.05) is 29.9 Å². The second kappa shape index (κ2) is 9.93. The van der Waals surface area contributed by atoms with Crippen LogP contribution in [0, 0.1) is 0 Å². The number of hydrogen-bond acceptors (Lipinski definition) is 6. The first-order chi connectivity index (χ1) is 18.6. The summed E-state index contributed by atoms with van der Waals surface area (Å²) in [6.45, 7) is 0. The Bertz CT molecular complexity index is 1720. The van der Waals surface area contributed by atoms with Crippen molar-refractivity contribution in [3.05, 3.63) is 100 Å². The van der Waals surface area contributed by atoms with Crippen LogP contribution in [0.25, 0.3) is 22.5 Å². The Kier molecular flexibility index (Phi) is 6.48. The Hall–Kier alpha value is -5.20. The lowest BCUT2D eigenvalue weighted by Gasteiger charge is -2.15. The molecule has 0 saturated carbocycles. The summed E-state index contributed by atoms with van der Waals surface area (Å²) >= 11 is 0. The quantitative estimate of drug-likeness (QED) is 0.258. The first-order valence-corrected chi connectivity index (χ1v) is 11.5. The summed E-state index contributed by atoms with van der Waals surface area (Å²) in [6, 6.07) is 13.4. The fraction of sp³-hybridized carbons (Fsp3) is 0.115. The van der Waals surface area contributed by atoms with Crippen LogP contribution in [0.5, 0.6) is 5.88 Å². The van der Waals surface area contributed by atoms with E-state index in [1.54, 1.807) is 37.4 Å². The minimum absolute atomic E-state index is 0.00895. The van der Waals surface area contributed by atoms with Gasteiger partial charge in [0.15, 0.2) is 0 Å². The van der Waals surface area contributed by atoms with Crippen molar-refractivity contribution in [3.8, 4) is 28.4 Å². The zero-order chi connectivity index (χ0) is 27.7. The van der Waals surface area contributed by atoms with Gasteiger partial charge < -0.3 is 15.4 Å². The van der Waals surface area contributed by atoms with E-state index in [1.165, 1.54) is 23.1 Å². The first kappa shape index (κ1) is 25.4. The number of carbonyl (C=O) groups is 1. The standard InChI is InChI=1S/C26H20F3N7O3/c1-36-10-9-18(35-36)16-11-15(7-8-17(16)26(27,28)29)23(37)31-20-13-30-21(12-19-24(38)34-25(39)32-19)33-22(20)14-5-3-2-4-6-14/h2-11,13,38H,12H2,1H3,(H,31,37)(H2,32,34,39). The molecule has 0 aliphatic heterocycles. The van der Waals surface area contributed by atoms with Gasteiger partial charge in [0.1, 0.15) is 5.82 Å². The largest absolute Gasteiger partial charge is 0.493 e. The SMILES string of the molecule is Cn1ccc(-c2cc(C(=O)Nc3cnc(Cc4[nH]c(=O)[nH]c4O)nc3-c3ccccc3)ccc2C(F)(F)F)n1. The summed E-state index contributed by atoms with van der Waals surface area (Å²) in [5, 5.41) is 16.6. The topological polar surface area (TPSA) is 142 Å². The monoisotopic (exact) mass is 535 g/mol. The molecule has 0 unspecified atom stereocenters. The van der Waals surface area contributed by atoms with Crippen molar-refractivity contribution >= 4 is 11.6 Å². The van der Waals surface area contributed by atoms with Crippen LogP contribution in [0.4, 0.5) is 18.9 Å². The van der Waals surface area contributed by atoms with Crippen molar-refractivity contribution in [2.75, 3.05) is 5.32 Å². The molecule has 13 heteroatoms. The summed E-state index contributed by atoms with van der Waals surface area (Å²) in [6.07, 6.45) is -1.79. The fourth-order valence-electron chi connectivity index (χ4n) is 4.01. The highest BCUT2D eigenvalue weighted by Crippen LogP contribution is 2.37. The summed E-state index contributed by atoms with van der Waals surface area (Å²) < 4.78 is 42.4. The Labute approximate surface area is 218 Å². The number of alkyl halides is 3. The van der Waals surface area contributed by atoms with E-state index in [-0.39, 0.29) is 46.3 Å². The molecule has 0 saturated heterocycles. The van der Waals surface area contributed by atoms with Gasteiger partial charge in [0.05, 0.1) is 41.0 Å². The number of nitrogens with zero attached hydrogens (tertiary/aromatic N) is 4. The lowest BCUT2D eigenvalue weighted by molar-refractivity contribution is -0.137. The number of aryl methyl sites for hydroxylation is 1. The number of aromatic nitrogens is 6. The minimum Gasteiger partial charge on any atom is -0.493 e. The highest BCUT2D eigenvalue weighted by molar-refractivity contribution is 6.06. The Balaban J connectivity index is 1.51. The smallest absolute Gasteiger partial charge is 0.417 e. The average molecular weight is 535 g/mol. The van der Waals surface area contributed by atoms with Crippen LogP contribution in [0.2, 0.25) is 0 Å². The Morgan fingerprint density at radius 1 is 1.10 bits per heavy atom. The highest BCUT2D eigenvalue weighted by Gasteiger charge is 2.34. The molecule has 0 fully saturated rings. The molecule has 2 aromatic carbocycles. The predicted octanol–water partition coefficient (Wildman–Crippen LogP) is 4.13. The Morgan fingerprint density at radius 3 is 2.51 bits per heavy atom. The second-order valence-corrected chi connectivity index (χ2v) is 8.58. The van der Waals surface area contributed by atoms with E-state index < -0.39 is 23.3 Å². The molecule has 0 radical (unpaired) electrons. The van der Waals surface area contributed by atoms with Crippen LogP contribution < -0.4 is 11.0 Å². The molecule has 0 bridgehead atoms. The number of anilines is 1. The summed E-state index contributed by atoms with van der Waals surface area (Å²) in [7, 11) is 1.58. The maximum absolute atomic E-state index is 13.7. The number of H-pyrrole nitrogens is 2. The fourth-order valence-corrected chi connectivity index (χ4v) is 4.01. The summed E-state index contributed by atoms with van der Waals surface area (Å²) in [5.41, 5.74) is -0.329. The summed E-state index contributed by atoms with van der Waals surface area (Å²) in [4.78, 5) is 38.1. The van der Waals surface area contributed by atoms with Crippen molar-refractivity contribution in [2.24, 2.45) is 7.05 Å². The van der Waals surface area contributed by atoms with Gasteiger partial charge in [-0.1, -0.05) is 30.3 Å². The van der Waals surface area contributed by atoms with Crippen LogP contribution in [-0.4, -0.2) is 40.7 Å². The Morgan fingerprint density at radius 2 is 1.87 bits per heavy atom. The molecule has 3 aromatic heterocycles. The van der Waals surface area contributed by atoms with Crippen LogP contribution in [0.1, 0.15) is 27.4 Å². The van der Waals surface area contributed by atoms with Crippen LogP contribution in [-0.2, 0) is 19.6 Å². The number of imidazole rings is 1. The molecule has 39 heavy (non-hydrogen) atoms. The van der Waals surface area contributed by atoms with E-state index in [2.05, 4.69) is 30.4 Å². The van der Waals surface area contributed by atoms with E-state index in [1.807, 2.05) is 0 Å². The van der Waals surface area contributed by atoms with Gasteiger partial charge in [-0.3, -0.25) is 14.5 Å². The molecule has 4 N–H and O–H groups in total. The number of benzene rings is 2. The molecular weight excluding hydrogens is 515 g/mol. The number of aromatic amines is 2. The maximum Gasteiger partial charge on any atom is 0.417 e. The van der Waals surface area contributed by atoms with Crippen LogP contribution >= 0.6 is 0 Å². The lowest BCUT2D eigenvalue weighted by atomic mass is 10.0. The zero-order valence-electron chi connectivity index (χ0n) is 20.2. The van der Waals surface area contributed by atoms with Gasteiger partial charge in [0.25, 0.3) is 5.91 Å². The van der Waals surface area contributed by atoms with E-state index in [0.29, 0.717) is 11.3 Å². The van der Waals surface area contributed by atoms with E-state index >= 15 is 0 Å². The molecule has 0 aliphatic rings. The molecular formula is C26H20F3N7O3. The zero-order valence-corrected chi connectivity index (χ0v) is 20.2. The third kappa shape index (κ3) is 5.42. The molecule has 0 aliphatic carbocycles. The molecule has 1 amide bonds. The van der Waals surface area contributed by atoms with Crippen molar-refractivity contribution < 1.29 is 23.1 Å². The van der Waals surface area contributed by atoms with Crippen molar-refractivity contribution in [1.29, 1.82) is 0 Å². The lowest BCUT2D eigenvalue weighted by Crippen LogP contribution is -2.16. The van der Waals surface area contributed by atoms with Gasteiger partial charge in [-0.05, 0) is 24.3 Å². The second-order valence-electron chi connectivity index (χ2n) is 8.58. The highest BCUT2D eigenvalue weighted by atomic mass is 19.4. The summed E-state index contributed by atoms with van der Waals surface area (Å²) in [5.74, 6) is -0.778. The first-order valence-electron chi connectivity index (χ1n) is 11.5. The van der Waals surface area contributed by atoms with Crippen LogP contribution in [0.3, 0.4) is 0 Å². The number of rotatable bonds is 6. The molecule has 10 nitrogen and oxygen atoms in total. The van der Waals surface area contributed by atoms with Crippen LogP contribution in [0.15, 0.2) is 71.8 Å². The molecule has 5 rings (SSSR count). The molecule has 0 spiro atoms. The van der Waals surface area contributed by atoms with E-state index in [4.69, 9.17) is 0 Å². The molecule has 0 atom stereocenters. The average Bonchev–Trinajstić information content (AvgIpc) is 3.48. The van der Waals surface area contributed by atoms with Crippen molar-refractivity contribution in [1.82, 2.24) is 29.7 Å².